The van der Waals surface area contributed by atoms with Crippen molar-refractivity contribution in [3.63, 3.8) is 0 Å². The van der Waals surface area contributed by atoms with Crippen molar-refractivity contribution in [2.45, 2.75) is 30.7 Å². The Morgan fingerprint density at radius 2 is 1.79 bits per heavy atom. The summed E-state index contributed by atoms with van der Waals surface area (Å²) in [4.78, 5) is 45.9. The van der Waals surface area contributed by atoms with Crippen molar-refractivity contribution < 1.29 is 22.8 Å². The standard InChI is InChI=1S/C28H26N4O5S/c1-18-5-4-6-19(15-18)27(34)31(14-13-20-17-30-24-8-3-2-7-23(20)24)25-16-26(33)32(28(25)35)21-9-11-22(12-10-21)38(29,36)37/h2-12,15,17,25,30H,13-14,16H2,1H3,(H2,29,36,37). The maximum absolute atomic E-state index is 13.7. The van der Waals surface area contributed by atoms with Gasteiger partial charge in [0.25, 0.3) is 11.8 Å². The first-order chi connectivity index (χ1) is 18.1. The molecule has 2 heterocycles. The SMILES string of the molecule is Cc1cccc(C(=O)N(CCc2c[nH]c3ccccc23)C2CC(=O)N(c3ccc(S(N)(=O)=O)cc3)C2=O)c1. The van der Waals surface area contributed by atoms with E-state index in [4.69, 9.17) is 5.14 Å². The van der Waals surface area contributed by atoms with Crippen LogP contribution in [0.15, 0.2) is 83.9 Å². The maximum atomic E-state index is 13.7. The lowest BCUT2D eigenvalue weighted by molar-refractivity contribution is -0.122. The average molecular weight is 531 g/mol. The second-order valence-electron chi connectivity index (χ2n) is 9.30. The van der Waals surface area contributed by atoms with Crippen LogP contribution in [0.2, 0.25) is 0 Å². The minimum Gasteiger partial charge on any atom is -0.361 e. The molecule has 0 radical (unpaired) electrons. The number of nitrogens with zero attached hydrogens (tertiary/aromatic N) is 2. The van der Waals surface area contributed by atoms with Crippen LogP contribution in [0.3, 0.4) is 0 Å². The van der Waals surface area contributed by atoms with Crippen LogP contribution in [0, 0.1) is 6.92 Å². The number of nitrogens with two attached hydrogens (primary N) is 1. The van der Waals surface area contributed by atoms with Crippen LogP contribution in [0.25, 0.3) is 10.9 Å². The number of anilines is 1. The number of sulfonamides is 1. The van der Waals surface area contributed by atoms with Gasteiger partial charge in [0.15, 0.2) is 0 Å². The molecule has 3 N–H and O–H groups in total. The van der Waals surface area contributed by atoms with Gasteiger partial charge in [-0.2, -0.15) is 0 Å². The second kappa shape index (κ2) is 9.88. The Labute approximate surface area is 219 Å². The molecule has 0 spiro atoms. The molecular weight excluding hydrogens is 504 g/mol. The molecule has 3 aromatic carbocycles. The van der Waals surface area contributed by atoms with Crippen LogP contribution in [0.1, 0.15) is 27.9 Å². The number of amides is 3. The van der Waals surface area contributed by atoms with E-state index in [0.717, 1.165) is 26.9 Å². The number of carbonyl (C=O) groups is 3. The molecule has 1 aromatic heterocycles. The van der Waals surface area contributed by atoms with Gasteiger partial charge in [0.05, 0.1) is 17.0 Å². The molecule has 0 saturated carbocycles. The number of primary sulfonamides is 1. The van der Waals surface area contributed by atoms with Crippen molar-refractivity contribution in [3.8, 4) is 0 Å². The Hall–Kier alpha value is -4.28. The average Bonchev–Trinajstić information content (AvgIpc) is 3.43. The number of benzene rings is 3. The summed E-state index contributed by atoms with van der Waals surface area (Å²) in [6.45, 7) is 2.10. The van der Waals surface area contributed by atoms with Crippen LogP contribution in [0.5, 0.6) is 0 Å². The van der Waals surface area contributed by atoms with Crippen LogP contribution in [-0.4, -0.2) is 48.6 Å². The predicted octanol–water partition coefficient (Wildman–Crippen LogP) is 3.14. The number of hydrogen-bond donors (Lipinski definition) is 2. The summed E-state index contributed by atoms with van der Waals surface area (Å²) < 4.78 is 23.2. The van der Waals surface area contributed by atoms with Crippen LogP contribution >= 0.6 is 0 Å². The van der Waals surface area contributed by atoms with Crippen molar-refractivity contribution in [2.75, 3.05) is 11.4 Å². The number of H-pyrrole nitrogens is 1. The lowest BCUT2D eigenvalue weighted by Gasteiger charge is -2.28. The highest BCUT2D eigenvalue weighted by molar-refractivity contribution is 7.89. The molecule has 0 aliphatic carbocycles. The number of aryl methyl sites for hydroxylation is 1. The van der Waals surface area contributed by atoms with E-state index in [2.05, 4.69) is 4.98 Å². The zero-order valence-corrected chi connectivity index (χ0v) is 21.4. The zero-order chi connectivity index (χ0) is 27.0. The lowest BCUT2D eigenvalue weighted by Crippen LogP contribution is -2.46. The van der Waals surface area contributed by atoms with Gasteiger partial charge in [-0.05, 0) is 61.4 Å². The Balaban J connectivity index is 1.46. The van der Waals surface area contributed by atoms with E-state index in [-0.39, 0.29) is 29.5 Å². The summed E-state index contributed by atoms with van der Waals surface area (Å²) in [7, 11) is -3.93. The van der Waals surface area contributed by atoms with Gasteiger partial charge in [-0.25, -0.2) is 18.5 Å². The number of carbonyl (C=O) groups excluding carboxylic acids is 3. The largest absolute Gasteiger partial charge is 0.361 e. The minimum atomic E-state index is -3.93. The van der Waals surface area contributed by atoms with Gasteiger partial charge >= 0.3 is 0 Å². The number of aromatic nitrogens is 1. The van der Waals surface area contributed by atoms with Gasteiger partial charge in [0, 0.05) is 29.2 Å². The summed E-state index contributed by atoms with van der Waals surface area (Å²) in [5.74, 6) is -1.36. The monoisotopic (exact) mass is 530 g/mol. The van der Waals surface area contributed by atoms with E-state index in [1.807, 2.05) is 43.5 Å². The summed E-state index contributed by atoms with van der Waals surface area (Å²) in [5.41, 5.74) is 3.52. The smallest absolute Gasteiger partial charge is 0.257 e. The van der Waals surface area contributed by atoms with Crippen molar-refractivity contribution >= 4 is 44.3 Å². The Kier molecular flexibility index (Phi) is 6.60. The van der Waals surface area contributed by atoms with Gasteiger partial charge in [-0.1, -0.05) is 35.9 Å². The summed E-state index contributed by atoms with van der Waals surface area (Å²) in [6.07, 6.45) is 2.19. The number of hydrogen-bond acceptors (Lipinski definition) is 5. The minimum absolute atomic E-state index is 0.133. The molecule has 38 heavy (non-hydrogen) atoms. The molecule has 1 unspecified atom stereocenters. The molecule has 5 rings (SSSR count). The van der Waals surface area contributed by atoms with Crippen LogP contribution in [-0.2, 0) is 26.0 Å². The lowest BCUT2D eigenvalue weighted by atomic mass is 10.1. The third-order valence-corrected chi connectivity index (χ3v) is 7.67. The maximum Gasteiger partial charge on any atom is 0.257 e. The van der Waals surface area contributed by atoms with Crippen molar-refractivity contribution in [3.05, 3.63) is 95.7 Å². The highest BCUT2D eigenvalue weighted by Gasteiger charge is 2.44. The van der Waals surface area contributed by atoms with Gasteiger partial charge in [0.1, 0.15) is 6.04 Å². The first kappa shape index (κ1) is 25.4. The Bertz CT molecular complexity index is 1660. The Morgan fingerprint density at radius 3 is 2.50 bits per heavy atom. The van der Waals surface area contributed by atoms with E-state index in [0.29, 0.717) is 12.0 Å². The molecule has 1 aliphatic heterocycles. The van der Waals surface area contributed by atoms with E-state index in [1.54, 1.807) is 18.2 Å². The number of aromatic amines is 1. The Morgan fingerprint density at radius 1 is 1.05 bits per heavy atom. The molecule has 1 saturated heterocycles. The summed E-state index contributed by atoms with van der Waals surface area (Å²) >= 11 is 0. The predicted molar refractivity (Wildman–Crippen MR) is 143 cm³/mol. The molecule has 9 nitrogen and oxygen atoms in total. The summed E-state index contributed by atoms with van der Waals surface area (Å²) in [5, 5.41) is 6.19. The van der Waals surface area contributed by atoms with E-state index in [9.17, 15) is 22.8 Å². The molecule has 1 fully saturated rings. The van der Waals surface area contributed by atoms with E-state index < -0.39 is 27.9 Å². The number of rotatable bonds is 7. The third-order valence-electron chi connectivity index (χ3n) is 6.75. The zero-order valence-electron chi connectivity index (χ0n) is 20.6. The highest BCUT2D eigenvalue weighted by Crippen LogP contribution is 2.28. The summed E-state index contributed by atoms with van der Waals surface area (Å²) in [6, 6.07) is 19.1. The number of imide groups is 1. The van der Waals surface area contributed by atoms with Crippen LogP contribution in [0.4, 0.5) is 5.69 Å². The fourth-order valence-electron chi connectivity index (χ4n) is 4.84. The van der Waals surface area contributed by atoms with Crippen molar-refractivity contribution in [2.24, 2.45) is 5.14 Å². The quantitative estimate of drug-likeness (QED) is 0.354. The normalized spacial score (nSPS) is 15.8. The third kappa shape index (κ3) is 4.83. The number of para-hydroxylation sites is 1. The molecule has 1 aliphatic rings. The molecule has 0 bridgehead atoms. The highest BCUT2D eigenvalue weighted by atomic mass is 32.2. The van der Waals surface area contributed by atoms with Gasteiger partial charge < -0.3 is 9.88 Å². The fraction of sp³-hybridized carbons (Fsp3) is 0.179. The van der Waals surface area contributed by atoms with E-state index >= 15 is 0 Å². The molecule has 1 atom stereocenters. The van der Waals surface area contributed by atoms with Gasteiger partial charge in [-0.3, -0.25) is 14.4 Å². The molecule has 194 valence electrons. The number of fused-ring (bicyclic) bond motifs is 1. The molecule has 4 aromatic rings. The first-order valence-electron chi connectivity index (χ1n) is 12.1. The van der Waals surface area contributed by atoms with Gasteiger partial charge in [0.2, 0.25) is 15.9 Å². The van der Waals surface area contributed by atoms with E-state index in [1.165, 1.54) is 29.2 Å². The first-order valence-corrected chi connectivity index (χ1v) is 13.6. The molecule has 3 amide bonds. The van der Waals surface area contributed by atoms with Gasteiger partial charge in [-0.15, -0.1) is 0 Å². The van der Waals surface area contributed by atoms with Crippen LogP contribution < -0.4 is 10.0 Å². The topological polar surface area (TPSA) is 134 Å². The molecule has 10 heteroatoms. The fourth-order valence-corrected chi connectivity index (χ4v) is 5.35. The number of nitrogens with one attached hydrogen (secondary N) is 1. The van der Waals surface area contributed by atoms with Crippen molar-refractivity contribution in [1.82, 2.24) is 9.88 Å². The van der Waals surface area contributed by atoms with Crippen molar-refractivity contribution in [1.29, 1.82) is 0 Å². The molecular formula is C28H26N4O5S. The second-order valence-corrected chi connectivity index (χ2v) is 10.9.